The van der Waals surface area contributed by atoms with Gasteiger partial charge < -0.3 is 0 Å². The van der Waals surface area contributed by atoms with Gasteiger partial charge in [0.1, 0.15) is 0 Å². The number of rotatable bonds is 3. The number of para-hydroxylation sites is 1. The molecule has 1 fully saturated rings. The van der Waals surface area contributed by atoms with Crippen molar-refractivity contribution in [3.63, 3.8) is 0 Å². The lowest BCUT2D eigenvalue weighted by molar-refractivity contribution is 0.443. The van der Waals surface area contributed by atoms with Crippen LogP contribution in [-0.4, -0.2) is 21.5 Å². The van der Waals surface area contributed by atoms with Crippen LogP contribution in [0.1, 0.15) is 50.3 Å². The zero-order valence-corrected chi connectivity index (χ0v) is 13.3. The lowest BCUT2D eigenvalue weighted by Gasteiger charge is -2.18. The van der Waals surface area contributed by atoms with Crippen LogP contribution in [-0.2, 0) is 0 Å². The second-order valence-corrected chi connectivity index (χ2v) is 6.09. The SMILES string of the molecule is CC(=NC1CCCCC1)c1c(C)[nH]n(-c2ccccc2)c1=O. The summed E-state index contributed by atoms with van der Waals surface area (Å²) in [6.45, 7) is 3.90. The molecule has 22 heavy (non-hydrogen) atoms. The average molecular weight is 297 g/mol. The van der Waals surface area contributed by atoms with E-state index in [2.05, 4.69) is 5.10 Å². The number of nitrogens with zero attached hydrogens (tertiary/aromatic N) is 2. The predicted octanol–water partition coefficient (Wildman–Crippen LogP) is 3.62. The Bertz CT molecular complexity index is 719. The second-order valence-electron chi connectivity index (χ2n) is 6.09. The van der Waals surface area contributed by atoms with Gasteiger partial charge in [0.25, 0.3) is 5.56 Å². The van der Waals surface area contributed by atoms with Crippen LogP contribution in [0.2, 0.25) is 0 Å². The minimum atomic E-state index is -0.0132. The molecular formula is C18H23N3O. The van der Waals surface area contributed by atoms with E-state index in [9.17, 15) is 4.79 Å². The van der Waals surface area contributed by atoms with Crippen LogP contribution >= 0.6 is 0 Å². The molecule has 1 aliphatic carbocycles. The summed E-state index contributed by atoms with van der Waals surface area (Å²) in [6.07, 6.45) is 6.11. The van der Waals surface area contributed by atoms with E-state index in [1.54, 1.807) is 4.68 Å². The molecule has 3 rings (SSSR count). The number of aromatic nitrogens is 2. The molecule has 0 atom stereocenters. The molecule has 0 amide bonds. The first-order chi connectivity index (χ1) is 10.7. The number of hydrogen-bond acceptors (Lipinski definition) is 2. The van der Waals surface area contributed by atoms with Gasteiger partial charge in [-0.05, 0) is 38.8 Å². The van der Waals surface area contributed by atoms with E-state index < -0.39 is 0 Å². The molecule has 1 heterocycles. The van der Waals surface area contributed by atoms with E-state index in [-0.39, 0.29) is 5.56 Å². The van der Waals surface area contributed by atoms with Crippen LogP contribution < -0.4 is 5.56 Å². The van der Waals surface area contributed by atoms with Gasteiger partial charge in [-0.3, -0.25) is 14.9 Å². The normalized spacial score (nSPS) is 16.9. The monoisotopic (exact) mass is 297 g/mol. The molecule has 1 aliphatic rings. The van der Waals surface area contributed by atoms with Crippen molar-refractivity contribution in [1.82, 2.24) is 9.78 Å². The fourth-order valence-electron chi connectivity index (χ4n) is 3.28. The van der Waals surface area contributed by atoms with Crippen LogP contribution in [0.5, 0.6) is 0 Å². The van der Waals surface area contributed by atoms with Gasteiger partial charge in [0.2, 0.25) is 0 Å². The maximum atomic E-state index is 12.7. The first kappa shape index (κ1) is 14.8. The predicted molar refractivity (Wildman–Crippen MR) is 90.2 cm³/mol. The van der Waals surface area contributed by atoms with E-state index in [4.69, 9.17) is 4.99 Å². The van der Waals surface area contributed by atoms with Gasteiger partial charge in [0.05, 0.1) is 17.3 Å². The fraction of sp³-hybridized carbons (Fsp3) is 0.444. The molecule has 0 unspecified atom stereocenters. The minimum absolute atomic E-state index is 0.0132. The highest BCUT2D eigenvalue weighted by Crippen LogP contribution is 2.21. The Morgan fingerprint density at radius 1 is 1.18 bits per heavy atom. The Hall–Kier alpha value is -2.10. The van der Waals surface area contributed by atoms with E-state index in [1.807, 2.05) is 44.2 Å². The largest absolute Gasteiger partial charge is 0.295 e. The Kier molecular flexibility index (Phi) is 4.27. The number of benzene rings is 1. The van der Waals surface area contributed by atoms with Crippen molar-refractivity contribution in [3.05, 3.63) is 51.9 Å². The van der Waals surface area contributed by atoms with Gasteiger partial charge >= 0.3 is 0 Å². The highest BCUT2D eigenvalue weighted by molar-refractivity contribution is 5.99. The van der Waals surface area contributed by atoms with Gasteiger partial charge in [0, 0.05) is 11.4 Å². The summed E-state index contributed by atoms with van der Waals surface area (Å²) in [6, 6.07) is 10.0. The zero-order valence-electron chi connectivity index (χ0n) is 13.3. The van der Waals surface area contributed by atoms with Crippen LogP contribution in [0, 0.1) is 6.92 Å². The van der Waals surface area contributed by atoms with E-state index >= 15 is 0 Å². The second kappa shape index (κ2) is 6.34. The summed E-state index contributed by atoms with van der Waals surface area (Å²) in [4.78, 5) is 17.5. The molecule has 1 aromatic carbocycles. The number of aromatic amines is 1. The van der Waals surface area contributed by atoms with Crippen molar-refractivity contribution in [2.45, 2.75) is 52.0 Å². The smallest absolute Gasteiger partial charge is 0.280 e. The number of aryl methyl sites for hydroxylation is 1. The van der Waals surface area contributed by atoms with Gasteiger partial charge in [-0.25, -0.2) is 4.68 Å². The lowest BCUT2D eigenvalue weighted by atomic mass is 9.96. The Morgan fingerprint density at radius 3 is 2.55 bits per heavy atom. The van der Waals surface area contributed by atoms with E-state index in [1.165, 1.54) is 19.3 Å². The maximum Gasteiger partial charge on any atom is 0.280 e. The zero-order chi connectivity index (χ0) is 15.5. The number of hydrogen-bond donors (Lipinski definition) is 1. The van der Waals surface area contributed by atoms with Crippen LogP contribution in [0.25, 0.3) is 5.69 Å². The summed E-state index contributed by atoms with van der Waals surface area (Å²) in [5.41, 5.74) is 3.30. The number of nitrogens with one attached hydrogen (secondary N) is 1. The molecule has 0 spiro atoms. The Morgan fingerprint density at radius 2 is 1.86 bits per heavy atom. The van der Waals surface area contributed by atoms with Crippen LogP contribution in [0.4, 0.5) is 0 Å². The van der Waals surface area contributed by atoms with Crippen molar-refractivity contribution in [1.29, 1.82) is 0 Å². The molecule has 116 valence electrons. The summed E-state index contributed by atoms with van der Waals surface area (Å²) in [7, 11) is 0. The third-order valence-corrected chi connectivity index (χ3v) is 4.40. The molecule has 4 heteroatoms. The van der Waals surface area contributed by atoms with Gasteiger partial charge in [-0.15, -0.1) is 0 Å². The van der Waals surface area contributed by atoms with Crippen molar-refractivity contribution < 1.29 is 0 Å². The molecule has 1 N–H and O–H groups in total. The fourth-order valence-corrected chi connectivity index (χ4v) is 3.28. The molecule has 4 nitrogen and oxygen atoms in total. The summed E-state index contributed by atoms with van der Waals surface area (Å²) in [5.74, 6) is 0. The van der Waals surface area contributed by atoms with Crippen molar-refractivity contribution >= 4 is 5.71 Å². The average Bonchev–Trinajstić information content (AvgIpc) is 2.84. The topological polar surface area (TPSA) is 50.1 Å². The molecule has 0 bridgehead atoms. The lowest BCUT2D eigenvalue weighted by Crippen LogP contribution is -2.21. The van der Waals surface area contributed by atoms with Crippen LogP contribution in [0.3, 0.4) is 0 Å². The molecule has 2 aromatic rings. The van der Waals surface area contributed by atoms with Crippen molar-refractivity contribution in [3.8, 4) is 5.69 Å². The number of H-pyrrole nitrogens is 1. The van der Waals surface area contributed by atoms with Gasteiger partial charge in [0.15, 0.2) is 0 Å². The first-order valence-corrected chi connectivity index (χ1v) is 8.08. The third-order valence-electron chi connectivity index (χ3n) is 4.40. The van der Waals surface area contributed by atoms with Crippen molar-refractivity contribution in [2.75, 3.05) is 0 Å². The van der Waals surface area contributed by atoms with E-state index in [0.717, 1.165) is 35.5 Å². The molecule has 1 aromatic heterocycles. The van der Waals surface area contributed by atoms with Gasteiger partial charge in [-0.1, -0.05) is 37.5 Å². The molecule has 0 saturated heterocycles. The third kappa shape index (κ3) is 2.91. The molecule has 0 aliphatic heterocycles. The first-order valence-electron chi connectivity index (χ1n) is 8.08. The van der Waals surface area contributed by atoms with Crippen molar-refractivity contribution in [2.24, 2.45) is 4.99 Å². The quantitative estimate of drug-likeness (QED) is 0.864. The summed E-state index contributed by atoms with van der Waals surface area (Å²) >= 11 is 0. The minimum Gasteiger partial charge on any atom is -0.295 e. The maximum absolute atomic E-state index is 12.7. The van der Waals surface area contributed by atoms with E-state index in [0.29, 0.717) is 6.04 Å². The van der Waals surface area contributed by atoms with Crippen LogP contribution in [0.15, 0.2) is 40.1 Å². The summed E-state index contributed by atoms with van der Waals surface area (Å²) in [5, 5.41) is 3.17. The number of aliphatic imine (C=N–C) groups is 1. The Balaban J connectivity index is 1.96. The van der Waals surface area contributed by atoms with Gasteiger partial charge in [-0.2, -0.15) is 0 Å². The standard InChI is InChI=1S/C18H23N3O/c1-13(19-15-9-5-3-6-10-15)17-14(2)20-21(18(17)22)16-11-7-4-8-12-16/h4,7-8,11-12,15,20H,3,5-6,9-10H2,1-2H3. The molecule has 0 radical (unpaired) electrons. The highest BCUT2D eigenvalue weighted by atomic mass is 16.1. The Labute approximate surface area is 130 Å². The molecule has 1 saturated carbocycles. The summed E-state index contributed by atoms with van der Waals surface area (Å²) < 4.78 is 1.60. The molecular weight excluding hydrogens is 274 g/mol. The highest BCUT2D eigenvalue weighted by Gasteiger charge is 2.17.